The molecular formula is C22H30N2O3. The molecule has 0 radical (unpaired) electrons. The molecule has 0 saturated carbocycles. The van der Waals surface area contributed by atoms with Gasteiger partial charge in [-0.25, -0.2) is 4.79 Å². The zero-order chi connectivity index (χ0) is 19.8. The monoisotopic (exact) mass is 370 g/mol. The molecule has 2 rings (SSSR count). The zero-order valence-corrected chi connectivity index (χ0v) is 16.8. The summed E-state index contributed by atoms with van der Waals surface area (Å²) in [4.78, 5) is 12.4. The van der Waals surface area contributed by atoms with E-state index in [0.29, 0.717) is 25.0 Å². The standard InChI is InChI=1S/C22H30N2O3/c1-15(2)19-7-6-8-20(16(3)4)21(19)24-22(25)23-13-14-27-18-11-9-17(26-5)10-12-18/h6-12,15-16H,13-14H2,1-5H3,(H2,23,24,25). The van der Waals surface area contributed by atoms with Gasteiger partial charge in [0.2, 0.25) is 0 Å². The molecule has 146 valence electrons. The fourth-order valence-electron chi connectivity index (χ4n) is 2.86. The first kappa shape index (κ1) is 20.6. The first-order valence-corrected chi connectivity index (χ1v) is 9.36. The van der Waals surface area contributed by atoms with Crippen molar-refractivity contribution in [2.24, 2.45) is 0 Å². The molecule has 0 unspecified atom stereocenters. The van der Waals surface area contributed by atoms with Crippen molar-refractivity contribution in [1.82, 2.24) is 5.32 Å². The molecule has 2 N–H and O–H groups in total. The Morgan fingerprint density at radius 1 is 0.926 bits per heavy atom. The molecule has 0 aliphatic carbocycles. The summed E-state index contributed by atoms with van der Waals surface area (Å²) in [5.41, 5.74) is 3.20. The number of ether oxygens (including phenoxy) is 2. The molecule has 2 aromatic carbocycles. The molecule has 0 fully saturated rings. The van der Waals surface area contributed by atoms with Crippen molar-refractivity contribution in [2.75, 3.05) is 25.6 Å². The van der Waals surface area contributed by atoms with Crippen LogP contribution in [0.3, 0.4) is 0 Å². The van der Waals surface area contributed by atoms with Gasteiger partial charge in [0.25, 0.3) is 0 Å². The quantitative estimate of drug-likeness (QED) is 0.632. The van der Waals surface area contributed by atoms with E-state index in [9.17, 15) is 4.79 Å². The zero-order valence-electron chi connectivity index (χ0n) is 16.8. The first-order chi connectivity index (χ1) is 12.9. The third-order valence-electron chi connectivity index (χ3n) is 4.33. The molecule has 5 heteroatoms. The van der Waals surface area contributed by atoms with Crippen molar-refractivity contribution >= 4 is 11.7 Å². The highest BCUT2D eigenvalue weighted by Gasteiger charge is 2.15. The summed E-state index contributed by atoms with van der Waals surface area (Å²) in [5.74, 6) is 2.18. The van der Waals surface area contributed by atoms with Crippen molar-refractivity contribution in [3.05, 3.63) is 53.6 Å². The Bertz CT molecular complexity index is 713. The Kier molecular flexibility index (Phi) is 7.53. The number of urea groups is 1. The van der Waals surface area contributed by atoms with E-state index in [-0.39, 0.29) is 6.03 Å². The van der Waals surface area contributed by atoms with Crippen molar-refractivity contribution < 1.29 is 14.3 Å². The van der Waals surface area contributed by atoms with Crippen LogP contribution in [0.2, 0.25) is 0 Å². The minimum Gasteiger partial charge on any atom is -0.497 e. The van der Waals surface area contributed by atoms with Gasteiger partial charge in [-0.05, 0) is 47.2 Å². The van der Waals surface area contributed by atoms with Crippen LogP contribution in [0.4, 0.5) is 10.5 Å². The second-order valence-electron chi connectivity index (χ2n) is 7.03. The maximum Gasteiger partial charge on any atom is 0.319 e. The molecule has 0 bridgehead atoms. The number of amides is 2. The highest BCUT2D eigenvalue weighted by molar-refractivity contribution is 5.91. The third kappa shape index (κ3) is 5.91. The predicted octanol–water partition coefficient (Wildman–Crippen LogP) is 5.14. The minimum atomic E-state index is -0.219. The predicted molar refractivity (Wildman–Crippen MR) is 110 cm³/mol. The van der Waals surface area contributed by atoms with Crippen molar-refractivity contribution in [3.63, 3.8) is 0 Å². The highest BCUT2D eigenvalue weighted by Crippen LogP contribution is 2.32. The smallest absolute Gasteiger partial charge is 0.319 e. The fourth-order valence-corrected chi connectivity index (χ4v) is 2.86. The van der Waals surface area contributed by atoms with Gasteiger partial charge in [-0.2, -0.15) is 0 Å². The molecule has 2 amide bonds. The molecule has 27 heavy (non-hydrogen) atoms. The number of hydrogen-bond acceptors (Lipinski definition) is 3. The van der Waals surface area contributed by atoms with Crippen LogP contribution in [0, 0.1) is 0 Å². The summed E-state index contributed by atoms with van der Waals surface area (Å²) in [7, 11) is 1.63. The lowest BCUT2D eigenvalue weighted by Crippen LogP contribution is -2.33. The molecule has 0 atom stereocenters. The number of carbonyl (C=O) groups excluding carboxylic acids is 1. The van der Waals surface area contributed by atoms with Gasteiger partial charge in [-0.15, -0.1) is 0 Å². The second kappa shape index (κ2) is 9.86. The average molecular weight is 370 g/mol. The van der Waals surface area contributed by atoms with Gasteiger partial charge in [0.15, 0.2) is 0 Å². The van der Waals surface area contributed by atoms with Crippen molar-refractivity contribution in [1.29, 1.82) is 0 Å². The van der Waals surface area contributed by atoms with E-state index < -0.39 is 0 Å². The van der Waals surface area contributed by atoms with E-state index in [4.69, 9.17) is 9.47 Å². The van der Waals surface area contributed by atoms with Crippen LogP contribution >= 0.6 is 0 Å². The van der Waals surface area contributed by atoms with E-state index in [1.54, 1.807) is 7.11 Å². The average Bonchev–Trinajstić information content (AvgIpc) is 2.65. The summed E-state index contributed by atoms with van der Waals surface area (Å²) in [5, 5.41) is 5.89. The molecule has 0 aliphatic heterocycles. The van der Waals surface area contributed by atoms with Gasteiger partial charge in [-0.3, -0.25) is 0 Å². The van der Waals surface area contributed by atoms with Crippen LogP contribution in [0.15, 0.2) is 42.5 Å². The number of benzene rings is 2. The normalized spacial score (nSPS) is 10.8. The Labute approximate surface area is 162 Å². The lowest BCUT2D eigenvalue weighted by atomic mass is 9.93. The summed E-state index contributed by atoms with van der Waals surface area (Å²) in [6, 6.07) is 13.3. The largest absolute Gasteiger partial charge is 0.497 e. The lowest BCUT2D eigenvalue weighted by Gasteiger charge is -2.20. The Morgan fingerprint density at radius 3 is 2.00 bits per heavy atom. The number of carbonyl (C=O) groups is 1. The van der Waals surface area contributed by atoms with Gasteiger partial charge in [0.05, 0.1) is 13.7 Å². The van der Waals surface area contributed by atoms with Crippen LogP contribution in [0.25, 0.3) is 0 Å². The van der Waals surface area contributed by atoms with Gasteiger partial charge in [-0.1, -0.05) is 45.9 Å². The minimum absolute atomic E-state index is 0.219. The SMILES string of the molecule is COc1ccc(OCCNC(=O)Nc2c(C(C)C)cccc2C(C)C)cc1. The van der Waals surface area contributed by atoms with E-state index in [1.807, 2.05) is 24.3 Å². The topological polar surface area (TPSA) is 59.6 Å². The highest BCUT2D eigenvalue weighted by atomic mass is 16.5. The van der Waals surface area contributed by atoms with Gasteiger partial charge < -0.3 is 20.1 Å². The molecule has 0 heterocycles. The van der Waals surface area contributed by atoms with Crippen LogP contribution in [0.1, 0.15) is 50.7 Å². The van der Waals surface area contributed by atoms with E-state index in [2.05, 4.69) is 56.5 Å². The number of methoxy groups -OCH3 is 1. The summed E-state index contributed by atoms with van der Waals surface area (Å²) in [6.07, 6.45) is 0. The van der Waals surface area contributed by atoms with Crippen LogP contribution in [-0.2, 0) is 0 Å². The Hall–Kier alpha value is -2.69. The molecule has 0 saturated heterocycles. The lowest BCUT2D eigenvalue weighted by molar-refractivity contribution is 0.247. The number of anilines is 1. The van der Waals surface area contributed by atoms with Crippen LogP contribution in [-0.4, -0.2) is 26.3 Å². The van der Waals surface area contributed by atoms with E-state index in [0.717, 1.165) is 28.3 Å². The molecule has 5 nitrogen and oxygen atoms in total. The summed E-state index contributed by atoms with van der Waals surface area (Å²) < 4.78 is 10.7. The number of hydrogen-bond donors (Lipinski definition) is 2. The summed E-state index contributed by atoms with van der Waals surface area (Å²) >= 11 is 0. The molecule has 0 spiro atoms. The van der Waals surface area contributed by atoms with E-state index in [1.165, 1.54) is 0 Å². The Morgan fingerprint density at radius 2 is 1.48 bits per heavy atom. The Balaban J connectivity index is 1.90. The van der Waals surface area contributed by atoms with E-state index >= 15 is 0 Å². The van der Waals surface area contributed by atoms with Gasteiger partial charge >= 0.3 is 6.03 Å². The number of rotatable bonds is 8. The number of nitrogens with one attached hydrogen (secondary N) is 2. The maximum atomic E-state index is 12.4. The van der Waals surface area contributed by atoms with Crippen molar-refractivity contribution in [2.45, 2.75) is 39.5 Å². The molecule has 2 aromatic rings. The van der Waals surface area contributed by atoms with Crippen LogP contribution < -0.4 is 20.1 Å². The van der Waals surface area contributed by atoms with Gasteiger partial charge in [0.1, 0.15) is 18.1 Å². The molecule has 0 aliphatic rings. The third-order valence-corrected chi connectivity index (χ3v) is 4.33. The first-order valence-electron chi connectivity index (χ1n) is 9.36. The number of para-hydroxylation sites is 1. The molecular weight excluding hydrogens is 340 g/mol. The van der Waals surface area contributed by atoms with Crippen molar-refractivity contribution in [3.8, 4) is 11.5 Å². The fraction of sp³-hybridized carbons (Fsp3) is 0.409. The maximum absolute atomic E-state index is 12.4. The summed E-state index contributed by atoms with van der Waals surface area (Å²) in [6.45, 7) is 9.33. The van der Waals surface area contributed by atoms with Gasteiger partial charge in [0, 0.05) is 5.69 Å². The molecule has 0 aromatic heterocycles. The second-order valence-corrected chi connectivity index (χ2v) is 7.03. The van der Waals surface area contributed by atoms with Crippen LogP contribution in [0.5, 0.6) is 11.5 Å².